The number of nitrogens with one attached hydrogen (secondary N) is 1. The van der Waals surface area contributed by atoms with Gasteiger partial charge in [-0.3, -0.25) is 14.9 Å². The molecule has 1 aromatic carbocycles. The Kier molecular flexibility index (Phi) is 5.46. The molecular formula is C20H20ClN3O3S. The Labute approximate surface area is 172 Å². The summed E-state index contributed by atoms with van der Waals surface area (Å²) in [5.74, 6) is -0.0452. The summed E-state index contributed by atoms with van der Waals surface area (Å²) in [5.41, 5.74) is 1.47. The lowest BCUT2D eigenvalue weighted by Crippen LogP contribution is -2.26. The van der Waals surface area contributed by atoms with Crippen molar-refractivity contribution in [1.82, 2.24) is 0 Å². The molecule has 0 saturated carbocycles. The summed E-state index contributed by atoms with van der Waals surface area (Å²) in [7, 11) is 0. The fourth-order valence-electron chi connectivity index (χ4n) is 3.50. The number of thiophene rings is 1. The van der Waals surface area contributed by atoms with Gasteiger partial charge in [-0.2, -0.15) is 5.26 Å². The van der Waals surface area contributed by atoms with Crippen molar-refractivity contribution in [2.45, 2.75) is 40.0 Å². The third-order valence-corrected chi connectivity index (χ3v) is 6.73. The van der Waals surface area contributed by atoms with Crippen molar-refractivity contribution in [2.24, 2.45) is 11.3 Å². The van der Waals surface area contributed by atoms with E-state index in [9.17, 15) is 20.2 Å². The van der Waals surface area contributed by atoms with E-state index in [4.69, 9.17) is 11.6 Å². The van der Waals surface area contributed by atoms with Gasteiger partial charge in [0.05, 0.1) is 21.1 Å². The summed E-state index contributed by atoms with van der Waals surface area (Å²) < 4.78 is 0. The molecular weight excluding hydrogens is 398 g/mol. The summed E-state index contributed by atoms with van der Waals surface area (Å²) >= 11 is 7.48. The minimum atomic E-state index is -0.579. The number of hydrogen-bond acceptors (Lipinski definition) is 5. The van der Waals surface area contributed by atoms with Crippen LogP contribution in [0, 0.1) is 32.8 Å². The number of nitrogens with zero attached hydrogens (tertiary/aromatic N) is 2. The third-order valence-electron chi connectivity index (χ3n) is 5.23. The van der Waals surface area contributed by atoms with Crippen molar-refractivity contribution in [3.63, 3.8) is 0 Å². The number of halogens is 1. The molecule has 1 atom stereocenters. The molecule has 28 heavy (non-hydrogen) atoms. The molecule has 0 aliphatic heterocycles. The van der Waals surface area contributed by atoms with E-state index >= 15 is 0 Å². The van der Waals surface area contributed by atoms with Gasteiger partial charge < -0.3 is 5.32 Å². The molecule has 146 valence electrons. The van der Waals surface area contributed by atoms with Gasteiger partial charge in [0.25, 0.3) is 11.6 Å². The van der Waals surface area contributed by atoms with Gasteiger partial charge in [-0.1, -0.05) is 32.4 Å². The number of rotatable bonds is 3. The lowest BCUT2D eigenvalue weighted by molar-refractivity contribution is -0.384. The van der Waals surface area contributed by atoms with E-state index in [1.165, 1.54) is 23.5 Å². The average Bonchev–Trinajstić information content (AvgIpc) is 2.96. The maximum atomic E-state index is 12.7. The molecule has 1 heterocycles. The van der Waals surface area contributed by atoms with Crippen LogP contribution in [0.1, 0.15) is 53.6 Å². The van der Waals surface area contributed by atoms with E-state index in [0.29, 0.717) is 16.5 Å². The average molecular weight is 418 g/mol. The molecule has 3 rings (SSSR count). The topological polar surface area (TPSA) is 96.0 Å². The van der Waals surface area contributed by atoms with Crippen LogP contribution < -0.4 is 5.32 Å². The molecule has 0 fully saturated rings. The van der Waals surface area contributed by atoms with Gasteiger partial charge in [-0.05, 0) is 42.2 Å². The SMILES string of the molecule is CC(C)(C)C1CCc2c(sc(NC(=O)c3cc([N+](=O)[O-])ccc3Cl)c2C#N)C1. The Balaban J connectivity index is 1.91. The quantitative estimate of drug-likeness (QED) is 0.520. The van der Waals surface area contributed by atoms with E-state index in [1.54, 1.807) is 0 Å². The van der Waals surface area contributed by atoms with Gasteiger partial charge >= 0.3 is 0 Å². The molecule has 1 amide bonds. The summed E-state index contributed by atoms with van der Waals surface area (Å²) in [6.07, 6.45) is 2.70. The van der Waals surface area contributed by atoms with Gasteiger partial charge in [-0.15, -0.1) is 11.3 Å². The number of hydrogen-bond donors (Lipinski definition) is 1. The number of benzene rings is 1. The highest BCUT2D eigenvalue weighted by molar-refractivity contribution is 7.16. The number of carbonyl (C=O) groups excluding carboxylic acids is 1. The largest absolute Gasteiger partial charge is 0.312 e. The van der Waals surface area contributed by atoms with Crippen LogP contribution in [0.4, 0.5) is 10.7 Å². The zero-order valence-corrected chi connectivity index (χ0v) is 17.4. The highest BCUT2D eigenvalue weighted by Gasteiger charge is 2.32. The van der Waals surface area contributed by atoms with Crippen LogP contribution in [0.15, 0.2) is 18.2 Å². The number of nitro groups is 1. The lowest BCUT2D eigenvalue weighted by atomic mass is 9.72. The van der Waals surface area contributed by atoms with Crippen molar-refractivity contribution >= 4 is 39.5 Å². The maximum absolute atomic E-state index is 12.7. The Bertz CT molecular complexity index is 1000. The molecule has 8 heteroatoms. The molecule has 0 radical (unpaired) electrons. The normalized spacial score (nSPS) is 16.2. The number of nitro benzene ring substituents is 1. The molecule has 1 unspecified atom stereocenters. The number of anilines is 1. The van der Waals surface area contributed by atoms with E-state index in [2.05, 4.69) is 32.2 Å². The molecule has 1 aromatic heterocycles. The fourth-order valence-corrected chi connectivity index (χ4v) is 4.98. The van der Waals surface area contributed by atoms with Crippen molar-refractivity contribution in [3.8, 4) is 6.07 Å². The second kappa shape index (κ2) is 7.53. The van der Waals surface area contributed by atoms with Crippen molar-refractivity contribution < 1.29 is 9.72 Å². The maximum Gasteiger partial charge on any atom is 0.270 e. The van der Waals surface area contributed by atoms with Gasteiger partial charge in [0.1, 0.15) is 11.1 Å². The van der Waals surface area contributed by atoms with Crippen LogP contribution in [0.3, 0.4) is 0 Å². The first-order valence-corrected chi connectivity index (χ1v) is 10.1. The Hall–Kier alpha value is -2.43. The summed E-state index contributed by atoms with van der Waals surface area (Å²) in [6.45, 7) is 6.65. The van der Waals surface area contributed by atoms with Crippen LogP contribution >= 0.6 is 22.9 Å². The predicted octanol–water partition coefficient (Wildman–Crippen LogP) is 5.58. The van der Waals surface area contributed by atoms with Crippen LogP contribution in [0.5, 0.6) is 0 Å². The summed E-state index contributed by atoms with van der Waals surface area (Å²) in [4.78, 5) is 24.2. The second-order valence-corrected chi connectivity index (χ2v) is 9.51. The van der Waals surface area contributed by atoms with Crippen molar-refractivity contribution in [3.05, 3.63) is 54.9 Å². The smallest absolute Gasteiger partial charge is 0.270 e. The molecule has 2 aromatic rings. The van der Waals surface area contributed by atoms with Gasteiger partial charge in [0.2, 0.25) is 0 Å². The van der Waals surface area contributed by atoms with E-state index in [0.717, 1.165) is 35.8 Å². The number of carbonyl (C=O) groups is 1. The molecule has 0 bridgehead atoms. The lowest BCUT2D eigenvalue weighted by Gasteiger charge is -2.33. The van der Waals surface area contributed by atoms with Gasteiger partial charge in [0.15, 0.2) is 0 Å². The molecule has 0 spiro atoms. The first kappa shape index (κ1) is 20.3. The minimum absolute atomic E-state index is 0.0127. The van der Waals surface area contributed by atoms with Crippen LogP contribution in [0.25, 0.3) is 0 Å². The summed E-state index contributed by atoms with van der Waals surface area (Å²) in [6, 6.07) is 5.93. The highest BCUT2D eigenvalue weighted by Crippen LogP contribution is 2.44. The number of fused-ring (bicyclic) bond motifs is 1. The standard InChI is InChI=1S/C20H20ClN3O3S/c1-20(2,3)11-4-6-13-15(10-22)19(28-17(13)8-11)23-18(25)14-9-12(24(26)27)5-7-16(14)21/h5,7,9,11H,4,6,8H2,1-3H3,(H,23,25). The highest BCUT2D eigenvalue weighted by atomic mass is 35.5. The number of amides is 1. The summed E-state index contributed by atoms with van der Waals surface area (Å²) in [5, 5.41) is 24.0. The van der Waals surface area contributed by atoms with Crippen LogP contribution in [-0.4, -0.2) is 10.8 Å². The monoisotopic (exact) mass is 417 g/mol. The predicted molar refractivity (Wildman–Crippen MR) is 110 cm³/mol. The van der Waals surface area contributed by atoms with Crippen molar-refractivity contribution in [1.29, 1.82) is 5.26 Å². The van der Waals surface area contributed by atoms with Crippen molar-refractivity contribution in [2.75, 3.05) is 5.32 Å². The first-order chi connectivity index (χ1) is 13.1. The van der Waals surface area contributed by atoms with Gasteiger partial charge in [0, 0.05) is 17.0 Å². The van der Waals surface area contributed by atoms with E-state index in [-0.39, 0.29) is 21.7 Å². The Morgan fingerprint density at radius 3 is 2.75 bits per heavy atom. The molecule has 1 aliphatic rings. The molecule has 1 aliphatic carbocycles. The van der Waals surface area contributed by atoms with Crippen LogP contribution in [0.2, 0.25) is 5.02 Å². The Morgan fingerprint density at radius 1 is 1.43 bits per heavy atom. The Morgan fingerprint density at radius 2 is 2.14 bits per heavy atom. The fraction of sp³-hybridized carbons (Fsp3) is 0.400. The minimum Gasteiger partial charge on any atom is -0.312 e. The zero-order chi connectivity index (χ0) is 20.6. The third kappa shape index (κ3) is 3.89. The number of nitriles is 1. The first-order valence-electron chi connectivity index (χ1n) is 8.91. The molecule has 6 nitrogen and oxygen atoms in total. The second-order valence-electron chi connectivity index (χ2n) is 8.00. The number of non-ortho nitro benzene ring substituents is 1. The molecule has 0 saturated heterocycles. The van der Waals surface area contributed by atoms with E-state index < -0.39 is 10.8 Å². The molecule has 1 N–H and O–H groups in total. The van der Waals surface area contributed by atoms with Crippen LogP contribution in [-0.2, 0) is 12.8 Å². The zero-order valence-electron chi connectivity index (χ0n) is 15.8. The van der Waals surface area contributed by atoms with E-state index in [1.807, 2.05) is 0 Å². The van der Waals surface area contributed by atoms with Gasteiger partial charge in [-0.25, -0.2) is 0 Å².